The number of hydrogen-bond acceptors (Lipinski definition) is 4. The van der Waals surface area contributed by atoms with Gasteiger partial charge < -0.3 is 5.32 Å². The van der Waals surface area contributed by atoms with Crippen molar-refractivity contribution in [1.82, 2.24) is 15.2 Å². The van der Waals surface area contributed by atoms with Crippen LogP contribution in [0.4, 0.5) is 0 Å². The first-order valence-electron chi connectivity index (χ1n) is 6.11. The SMILES string of the molecule is Cc1ncsc1C(=O)NCC(C)N1CCCC1. The van der Waals surface area contributed by atoms with Gasteiger partial charge in [-0.25, -0.2) is 4.98 Å². The van der Waals surface area contributed by atoms with Crippen LogP contribution < -0.4 is 5.32 Å². The van der Waals surface area contributed by atoms with E-state index in [2.05, 4.69) is 22.1 Å². The van der Waals surface area contributed by atoms with Crippen LogP contribution in [0, 0.1) is 6.92 Å². The molecule has 1 saturated heterocycles. The first kappa shape index (κ1) is 12.5. The van der Waals surface area contributed by atoms with Crippen molar-refractivity contribution in [2.24, 2.45) is 0 Å². The van der Waals surface area contributed by atoms with Gasteiger partial charge in [0.05, 0.1) is 11.2 Å². The van der Waals surface area contributed by atoms with Crippen LogP contribution in [0.25, 0.3) is 0 Å². The number of carbonyl (C=O) groups is 1. The Labute approximate surface area is 106 Å². The van der Waals surface area contributed by atoms with Crippen LogP contribution in [0.2, 0.25) is 0 Å². The Kier molecular flexibility index (Phi) is 4.12. The molecule has 0 aromatic carbocycles. The number of nitrogens with zero attached hydrogens (tertiary/aromatic N) is 2. The smallest absolute Gasteiger partial charge is 0.263 e. The van der Waals surface area contributed by atoms with Crippen LogP contribution in [-0.2, 0) is 0 Å². The van der Waals surface area contributed by atoms with E-state index < -0.39 is 0 Å². The molecule has 1 atom stereocenters. The zero-order valence-electron chi connectivity index (χ0n) is 10.4. The summed E-state index contributed by atoms with van der Waals surface area (Å²) in [6, 6.07) is 0.426. The first-order valence-corrected chi connectivity index (χ1v) is 6.99. The maximum Gasteiger partial charge on any atom is 0.263 e. The Morgan fingerprint density at radius 2 is 2.29 bits per heavy atom. The van der Waals surface area contributed by atoms with E-state index in [4.69, 9.17) is 0 Å². The first-order chi connectivity index (χ1) is 8.18. The highest BCUT2D eigenvalue weighted by molar-refractivity contribution is 7.11. The summed E-state index contributed by atoms with van der Waals surface area (Å²) in [5.74, 6) is 0.0102. The van der Waals surface area contributed by atoms with Crippen molar-refractivity contribution in [3.05, 3.63) is 16.1 Å². The molecule has 5 heteroatoms. The summed E-state index contributed by atoms with van der Waals surface area (Å²) in [7, 11) is 0. The predicted octanol–water partition coefficient (Wildman–Crippen LogP) is 1.67. The zero-order chi connectivity index (χ0) is 12.3. The molecule has 0 aliphatic carbocycles. The van der Waals surface area contributed by atoms with Crippen molar-refractivity contribution in [2.75, 3.05) is 19.6 Å². The van der Waals surface area contributed by atoms with Gasteiger partial charge in [0, 0.05) is 12.6 Å². The van der Waals surface area contributed by atoms with Crippen molar-refractivity contribution in [2.45, 2.75) is 32.7 Å². The van der Waals surface area contributed by atoms with E-state index in [1.807, 2.05) is 6.92 Å². The monoisotopic (exact) mass is 253 g/mol. The molecule has 1 aromatic rings. The summed E-state index contributed by atoms with van der Waals surface area (Å²) in [5, 5.41) is 2.99. The van der Waals surface area contributed by atoms with Gasteiger partial charge in [0.1, 0.15) is 4.88 Å². The van der Waals surface area contributed by atoms with E-state index in [-0.39, 0.29) is 5.91 Å². The van der Waals surface area contributed by atoms with Crippen LogP contribution in [0.1, 0.15) is 35.1 Å². The fourth-order valence-electron chi connectivity index (χ4n) is 2.15. The highest BCUT2D eigenvalue weighted by Crippen LogP contribution is 2.13. The molecule has 1 unspecified atom stereocenters. The van der Waals surface area contributed by atoms with Gasteiger partial charge in [0.2, 0.25) is 0 Å². The van der Waals surface area contributed by atoms with Crippen molar-refractivity contribution in [3.63, 3.8) is 0 Å². The summed E-state index contributed by atoms with van der Waals surface area (Å²) in [5.41, 5.74) is 2.54. The molecule has 1 fully saturated rings. The van der Waals surface area contributed by atoms with Crippen molar-refractivity contribution in [1.29, 1.82) is 0 Å². The highest BCUT2D eigenvalue weighted by atomic mass is 32.1. The largest absolute Gasteiger partial charge is 0.350 e. The van der Waals surface area contributed by atoms with Crippen LogP contribution in [0.3, 0.4) is 0 Å². The van der Waals surface area contributed by atoms with E-state index in [0.717, 1.165) is 30.2 Å². The van der Waals surface area contributed by atoms with Gasteiger partial charge in [0.25, 0.3) is 5.91 Å². The molecule has 0 saturated carbocycles. The van der Waals surface area contributed by atoms with E-state index in [9.17, 15) is 4.79 Å². The number of carbonyl (C=O) groups excluding carboxylic acids is 1. The minimum Gasteiger partial charge on any atom is -0.350 e. The molecule has 94 valence electrons. The number of aromatic nitrogens is 1. The lowest BCUT2D eigenvalue weighted by Crippen LogP contribution is -2.40. The Hall–Kier alpha value is -0.940. The summed E-state index contributed by atoms with van der Waals surface area (Å²) in [4.78, 5) is 19.1. The normalized spacial score (nSPS) is 18.2. The minimum atomic E-state index is 0.0102. The van der Waals surface area contributed by atoms with Gasteiger partial charge in [-0.15, -0.1) is 11.3 Å². The average molecular weight is 253 g/mol. The van der Waals surface area contributed by atoms with Gasteiger partial charge in [0.15, 0.2) is 0 Å². The Balaban J connectivity index is 1.82. The third kappa shape index (κ3) is 3.04. The molecule has 0 spiro atoms. The third-order valence-corrected chi connectivity index (χ3v) is 4.20. The molecule has 1 aliphatic heterocycles. The number of likely N-dealkylation sites (tertiary alicyclic amines) is 1. The van der Waals surface area contributed by atoms with E-state index in [1.165, 1.54) is 24.2 Å². The van der Waals surface area contributed by atoms with Gasteiger partial charge in [-0.3, -0.25) is 9.69 Å². The molecule has 1 aliphatic rings. The van der Waals surface area contributed by atoms with E-state index in [1.54, 1.807) is 5.51 Å². The van der Waals surface area contributed by atoms with Gasteiger partial charge >= 0.3 is 0 Å². The molecule has 1 amide bonds. The molecule has 0 bridgehead atoms. The van der Waals surface area contributed by atoms with Gasteiger partial charge in [-0.2, -0.15) is 0 Å². The lowest BCUT2D eigenvalue weighted by molar-refractivity contribution is 0.0943. The minimum absolute atomic E-state index is 0.0102. The Morgan fingerprint density at radius 1 is 1.59 bits per heavy atom. The second kappa shape index (κ2) is 5.60. The molecule has 2 heterocycles. The third-order valence-electron chi connectivity index (χ3n) is 3.27. The average Bonchev–Trinajstić information content (AvgIpc) is 2.95. The Morgan fingerprint density at radius 3 is 2.88 bits per heavy atom. The van der Waals surface area contributed by atoms with Crippen LogP contribution in [0.5, 0.6) is 0 Å². The number of nitrogens with one attached hydrogen (secondary N) is 1. The molecule has 17 heavy (non-hydrogen) atoms. The van der Waals surface area contributed by atoms with Crippen molar-refractivity contribution in [3.8, 4) is 0 Å². The van der Waals surface area contributed by atoms with Crippen molar-refractivity contribution < 1.29 is 4.79 Å². The summed E-state index contributed by atoms with van der Waals surface area (Å²) < 4.78 is 0. The van der Waals surface area contributed by atoms with Crippen molar-refractivity contribution >= 4 is 17.2 Å². The maximum absolute atomic E-state index is 11.9. The number of aryl methyl sites for hydroxylation is 1. The lowest BCUT2D eigenvalue weighted by atomic mass is 10.3. The topological polar surface area (TPSA) is 45.2 Å². The molecular weight excluding hydrogens is 234 g/mol. The Bertz CT molecular complexity index is 385. The van der Waals surface area contributed by atoms with Crippen LogP contribution in [-0.4, -0.2) is 41.5 Å². The number of rotatable bonds is 4. The summed E-state index contributed by atoms with van der Waals surface area (Å²) in [6.07, 6.45) is 2.57. The maximum atomic E-state index is 11.9. The zero-order valence-corrected chi connectivity index (χ0v) is 11.2. The lowest BCUT2D eigenvalue weighted by Gasteiger charge is -2.23. The predicted molar refractivity (Wildman–Crippen MR) is 69.5 cm³/mol. The standard InChI is InChI=1S/C12H19N3OS/c1-9(15-5-3-4-6-15)7-13-12(16)11-10(2)14-8-17-11/h8-9H,3-7H2,1-2H3,(H,13,16). The summed E-state index contributed by atoms with van der Waals surface area (Å²) in [6.45, 7) is 7.09. The molecule has 0 radical (unpaired) electrons. The molecule has 1 N–H and O–H groups in total. The number of amides is 1. The van der Waals surface area contributed by atoms with Gasteiger partial charge in [-0.1, -0.05) is 0 Å². The fraction of sp³-hybridized carbons (Fsp3) is 0.667. The second-order valence-corrected chi connectivity index (χ2v) is 5.42. The molecule has 1 aromatic heterocycles. The van der Waals surface area contributed by atoms with E-state index >= 15 is 0 Å². The van der Waals surface area contributed by atoms with E-state index in [0.29, 0.717) is 6.04 Å². The van der Waals surface area contributed by atoms with Crippen LogP contribution in [0.15, 0.2) is 5.51 Å². The highest BCUT2D eigenvalue weighted by Gasteiger charge is 2.19. The van der Waals surface area contributed by atoms with Crippen LogP contribution >= 0.6 is 11.3 Å². The number of thiazole rings is 1. The molecule has 2 rings (SSSR count). The quantitative estimate of drug-likeness (QED) is 0.887. The number of hydrogen-bond donors (Lipinski definition) is 1. The molecule has 4 nitrogen and oxygen atoms in total. The van der Waals surface area contributed by atoms with Gasteiger partial charge in [-0.05, 0) is 39.8 Å². The molecular formula is C12H19N3OS. The second-order valence-electron chi connectivity index (χ2n) is 4.57. The summed E-state index contributed by atoms with van der Waals surface area (Å²) >= 11 is 1.40. The fourth-order valence-corrected chi connectivity index (χ4v) is 2.87.